The van der Waals surface area contributed by atoms with Crippen LogP contribution in [0, 0.1) is 0 Å². The molecule has 0 aliphatic heterocycles. The van der Waals surface area contributed by atoms with Gasteiger partial charge in [-0.1, -0.05) is 140 Å². The highest BCUT2D eigenvalue weighted by molar-refractivity contribution is 6.16. The lowest BCUT2D eigenvalue weighted by molar-refractivity contribution is 1.52. The molecule has 12 aromatic rings. The van der Waals surface area contributed by atoms with Crippen LogP contribution in [-0.4, -0.2) is 0 Å². The number of nitrogens with one attached hydrogen (secondary N) is 2. The van der Waals surface area contributed by atoms with E-state index in [2.05, 4.69) is 235 Å². The summed E-state index contributed by atoms with van der Waals surface area (Å²) in [6.07, 6.45) is 0. The van der Waals surface area contributed by atoms with Crippen LogP contribution in [0.4, 0.5) is 22.7 Å². The second kappa shape index (κ2) is 14.8. The molecule has 0 atom stereocenters. The van der Waals surface area contributed by atoms with Crippen LogP contribution in [0.2, 0.25) is 0 Å². The molecule has 62 heavy (non-hydrogen) atoms. The molecule has 2 heteroatoms. The average molecular weight is 789 g/mol. The Morgan fingerprint density at radius 2 is 0.629 bits per heavy atom. The van der Waals surface area contributed by atoms with Crippen molar-refractivity contribution in [1.29, 1.82) is 0 Å². The molecule has 0 spiro atoms. The number of fused-ring (bicyclic) bond motifs is 6. The molecule has 0 fully saturated rings. The Hall–Kier alpha value is -8.20. The van der Waals surface area contributed by atoms with Crippen LogP contribution in [0.1, 0.15) is 0 Å². The van der Waals surface area contributed by atoms with Crippen molar-refractivity contribution >= 4 is 87.4 Å². The predicted octanol–water partition coefficient (Wildman–Crippen LogP) is 17.1. The SMILES string of the molecule is c1ccc(Nc2ccc(-c3ccc(Nc4ccccc4)c(-c4cccc5cc6cc7ccccc7cc6cc45)c3-c3cccc4cc5cc6ccccc6cc5cc34)cc2)cc1. The number of rotatable bonds is 7. The molecule has 0 aliphatic carbocycles. The summed E-state index contributed by atoms with van der Waals surface area (Å²) >= 11 is 0. The maximum atomic E-state index is 3.91. The lowest BCUT2D eigenvalue weighted by atomic mass is 9.82. The first-order valence-electron chi connectivity index (χ1n) is 21.3. The molecule has 0 aliphatic rings. The minimum atomic E-state index is 1.04. The molecule has 0 amide bonds. The molecule has 0 radical (unpaired) electrons. The maximum Gasteiger partial charge on any atom is 0.0470 e. The summed E-state index contributed by atoms with van der Waals surface area (Å²) in [5.74, 6) is 0. The van der Waals surface area contributed by atoms with E-state index in [9.17, 15) is 0 Å². The average Bonchev–Trinajstić information content (AvgIpc) is 3.32. The monoisotopic (exact) mass is 788 g/mol. The molecular formula is C60H40N2. The van der Waals surface area contributed by atoms with Crippen LogP contribution in [0.25, 0.3) is 98.0 Å². The van der Waals surface area contributed by atoms with Crippen molar-refractivity contribution in [3.8, 4) is 33.4 Å². The maximum absolute atomic E-state index is 3.91. The minimum absolute atomic E-state index is 1.04. The summed E-state index contributed by atoms with van der Waals surface area (Å²) in [4.78, 5) is 0. The lowest BCUT2D eigenvalue weighted by Gasteiger charge is -2.23. The second-order valence-corrected chi connectivity index (χ2v) is 16.3. The normalized spacial score (nSPS) is 11.5. The summed E-state index contributed by atoms with van der Waals surface area (Å²) in [7, 11) is 0. The third-order valence-electron chi connectivity index (χ3n) is 12.5. The Kier molecular flexibility index (Phi) is 8.53. The van der Waals surface area contributed by atoms with Gasteiger partial charge in [-0.05, 0) is 178 Å². The molecular weight excluding hydrogens is 749 g/mol. The fourth-order valence-corrected chi connectivity index (χ4v) is 9.48. The van der Waals surface area contributed by atoms with E-state index in [0.29, 0.717) is 0 Å². The minimum Gasteiger partial charge on any atom is -0.356 e. The molecule has 12 rings (SSSR count). The highest BCUT2D eigenvalue weighted by Gasteiger charge is 2.22. The van der Waals surface area contributed by atoms with Crippen molar-refractivity contribution in [3.05, 3.63) is 231 Å². The number of hydrogen-bond acceptors (Lipinski definition) is 2. The van der Waals surface area contributed by atoms with E-state index in [0.717, 1.165) is 33.9 Å². The summed E-state index contributed by atoms with van der Waals surface area (Å²) in [5, 5.41) is 22.3. The highest BCUT2D eigenvalue weighted by atomic mass is 14.9. The van der Waals surface area contributed by atoms with Gasteiger partial charge in [0.25, 0.3) is 0 Å². The van der Waals surface area contributed by atoms with Crippen molar-refractivity contribution in [2.45, 2.75) is 0 Å². The van der Waals surface area contributed by atoms with Gasteiger partial charge in [-0.3, -0.25) is 0 Å². The molecule has 0 aromatic heterocycles. The molecule has 0 saturated carbocycles. The van der Waals surface area contributed by atoms with Gasteiger partial charge in [0.05, 0.1) is 0 Å². The number of hydrogen-bond donors (Lipinski definition) is 2. The highest BCUT2D eigenvalue weighted by Crippen LogP contribution is 2.49. The van der Waals surface area contributed by atoms with E-state index in [-0.39, 0.29) is 0 Å². The van der Waals surface area contributed by atoms with Crippen LogP contribution < -0.4 is 10.6 Å². The van der Waals surface area contributed by atoms with E-state index in [1.807, 2.05) is 6.07 Å². The van der Waals surface area contributed by atoms with Crippen molar-refractivity contribution < 1.29 is 0 Å². The van der Waals surface area contributed by atoms with Gasteiger partial charge >= 0.3 is 0 Å². The summed E-state index contributed by atoms with van der Waals surface area (Å²) < 4.78 is 0. The van der Waals surface area contributed by atoms with E-state index < -0.39 is 0 Å². The zero-order valence-corrected chi connectivity index (χ0v) is 33.9. The van der Waals surface area contributed by atoms with Crippen molar-refractivity contribution in [2.75, 3.05) is 10.6 Å². The van der Waals surface area contributed by atoms with E-state index in [1.54, 1.807) is 0 Å². The van der Waals surface area contributed by atoms with Crippen molar-refractivity contribution in [3.63, 3.8) is 0 Å². The quantitative estimate of drug-likeness (QED) is 0.157. The molecule has 0 unspecified atom stereocenters. The Labute approximate surface area is 360 Å². The van der Waals surface area contributed by atoms with Gasteiger partial charge < -0.3 is 10.6 Å². The lowest BCUT2D eigenvalue weighted by Crippen LogP contribution is -1.99. The molecule has 12 aromatic carbocycles. The Morgan fingerprint density at radius 1 is 0.226 bits per heavy atom. The zero-order valence-electron chi connectivity index (χ0n) is 33.9. The zero-order chi connectivity index (χ0) is 41.0. The van der Waals surface area contributed by atoms with E-state index in [4.69, 9.17) is 0 Å². The van der Waals surface area contributed by atoms with Gasteiger partial charge in [0.1, 0.15) is 0 Å². The first-order valence-corrected chi connectivity index (χ1v) is 21.3. The molecule has 290 valence electrons. The molecule has 0 heterocycles. The van der Waals surface area contributed by atoms with Crippen LogP contribution in [0.15, 0.2) is 231 Å². The number of benzene rings is 12. The van der Waals surface area contributed by atoms with E-state index >= 15 is 0 Å². The smallest absolute Gasteiger partial charge is 0.0470 e. The fourth-order valence-electron chi connectivity index (χ4n) is 9.48. The van der Waals surface area contributed by atoms with E-state index in [1.165, 1.54) is 86.9 Å². The number of anilines is 4. The van der Waals surface area contributed by atoms with Gasteiger partial charge in [-0.15, -0.1) is 0 Å². The van der Waals surface area contributed by atoms with Gasteiger partial charge in [0.15, 0.2) is 0 Å². The van der Waals surface area contributed by atoms with Crippen LogP contribution >= 0.6 is 0 Å². The summed E-state index contributed by atoms with van der Waals surface area (Å²) in [6, 6.07) is 84.2. The fraction of sp³-hybridized carbons (Fsp3) is 0. The summed E-state index contributed by atoms with van der Waals surface area (Å²) in [6.45, 7) is 0. The van der Waals surface area contributed by atoms with Crippen LogP contribution in [0.3, 0.4) is 0 Å². The van der Waals surface area contributed by atoms with Gasteiger partial charge in [-0.2, -0.15) is 0 Å². The largest absolute Gasteiger partial charge is 0.356 e. The molecule has 2 N–H and O–H groups in total. The Bertz CT molecular complexity index is 3670. The predicted molar refractivity (Wildman–Crippen MR) is 267 cm³/mol. The molecule has 0 bridgehead atoms. The Morgan fingerprint density at radius 3 is 1.15 bits per heavy atom. The van der Waals surface area contributed by atoms with Gasteiger partial charge in [-0.25, -0.2) is 0 Å². The standard InChI is InChI=1S/C60H40N2/c1-3-19-50(20-4-1)61-52-27-25-39(26-28-52)53-29-30-58(62-51-21-5-2-6-22-51)60(55-24-12-18-45-36-47-32-41-14-8-10-16-43(41)34-49(47)38-57(45)55)59(53)54-23-11-17-44-35-46-31-40-13-7-9-15-42(40)33-48(46)37-56(44)54/h1-38,61-62H. The summed E-state index contributed by atoms with van der Waals surface area (Å²) in [5.41, 5.74) is 11.2. The van der Waals surface area contributed by atoms with Crippen LogP contribution in [-0.2, 0) is 0 Å². The number of para-hydroxylation sites is 2. The third kappa shape index (κ3) is 6.38. The van der Waals surface area contributed by atoms with Gasteiger partial charge in [0.2, 0.25) is 0 Å². The van der Waals surface area contributed by atoms with Crippen LogP contribution in [0.5, 0.6) is 0 Å². The van der Waals surface area contributed by atoms with Crippen molar-refractivity contribution in [1.82, 2.24) is 0 Å². The first-order chi connectivity index (χ1) is 30.7. The van der Waals surface area contributed by atoms with Gasteiger partial charge in [0, 0.05) is 33.9 Å². The second-order valence-electron chi connectivity index (χ2n) is 16.3. The first kappa shape index (κ1) is 35.7. The van der Waals surface area contributed by atoms with Crippen molar-refractivity contribution in [2.24, 2.45) is 0 Å². The topological polar surface area (TPSA) is 24.1 Å². The Balaban J connectivity index is 1.16. The third-order valence-corrected chi connectivity index (χ3v) is 12.5. The molecule has 2 nitrogen and oxygen atoms in total. The molecule has 0 saturated heterocycles.